The van der Waals surface area contributed by atoms with E-state index in [-0.39, 0.29) is 43.4 Å². The summed E-state index contributed by atoms with van der Waals surface area (Å²) in [6, 6.07) is 15.7. The van der Waals surface area contributed by atoms with E-state index in [9.17, 15) is 28.8 Å². The number of esters is 1. The molecule has 356 valence electrons. The summed E-state index contributed by atoms with van der Waals surface area (Å²) in [5.41, 5.74) is 10.4. The van der Waals surface area contributed by atoms with E-state index in [1.165, 1.54) is 20.9 Å². The van der Waals surface area contributed by atoms with Gasteiger partial charge in [0.05, 0.1) is 30.0 Å². The molecule has 2 aromatic carbocycles. The Balaban J connectivity index is 1.27. The average Bonchev–Trinajstić information content (AvgIpc) is 3.94. The van der Waals surface area contributed by atoms with Crippen LogP contribution in [0.5, 0.6) is 0 Å². The standard InChI is InChI=1S/C52H65N7O8/c1-9-58-43-20-19-36-28-39(43)40(47(58)38-16-11-22-53-45(38)33(4)66-8)29-52(5,6)31-67-51(65)41-17-12-23-59(55-41)50(64)42(27-34-14-10-15-35(36)26-34)54-48(62)46(32(2)3)56(7)49(63)37-21-24-57(30-37)44(61)18-13-25-60/h10-11,13-16,18-20,22,25-26,28,32-33,37,41-42,46,55H,9,12,17,21,23-24,27,29-31H2,1-8H3,(H,54,62)/b18-13+. The number of ether oxygens (including phenoxy) is 2. The van der Waals surface area contributed by atoms with Crippen molar-refractivity contribution in [2.75, 3.05) is 40.4 Å². The van der Waals surface area contributed by atoms with Gasteiger partial charge in [-0.3, -0.25) is 38.8 Å². The van der Waals surface area contributed by atoms with Crippen LogP contribution in [-0.2, 0) is 57.6 Å². The van der Waals surface area contributed by atoms with Gasteiger partial charge in [-0.05, 0) is 98.0 Å². The van der Waals surface area contributed by atoms with E-state index < -0.39 is 47.2 Å². The fraction of sp³-hybridized carbons (Fsp3) is 0.481. The fourth-order valence-corrected chi connectivity index (χ4v) is 9.98. The second-order valence-electron chi connectivity index (χ2n) is 19.2. The second-order valence-corrected chi connectivity index (χ2v) is 19.2. The minimum absolute atomic E-state index is 0.125. The highest BCUT2D eigenvalue weighted by molar-refractivity contribution is 5.96. The van der Waals surface area contributed by atoms with Crippen molar-refractivity contribution in [2.24, 2.45) is 17.3 Å². The molecule has 67 heavy (non-hydrogen) atoms. The molecule has 3 aliphatic rings. The Morgan fingerprint density at radius 2 is 1.82 bits per heavy atom. The number of benzene rings is 2. The predicted molar refractivity (Wildman–Crippen MR) is 255 cm³/mol. The summed E-state index contributed by atoms with van der Waals surface area (Å²) in [5.74, 6) is -2.90. The topological polar surface area (TPSA) is 172 Å². The van der Waals surface area contributed by atoms with Crippen molar-refractivity contribution in [3.63, 3.8) is 0 Å². The number of carbonyl (C=O) groups excluding carboxylic acids is 6. The molecule has 5 unspecified atom stereocenters. The molecule has 0 spiro atoms. The molecule has 2 saturated heterocycles. The lowest BCUT2D eigenvalue weighted by Gasteiger charge is -2.37. The van der Waals surface area contributed by atoms with E-state index in [1.807, 2.05) is 51.1 Å². The molecule has 15 nitrogen and oxygen atoms in total. The van der Waals surface area contributed by atoms with E-state index in [2.05, 4.69) is 60.3 Å². The summed E-state index contributed by atoms with van der Waals surface area (Å²) in [7, 11) is 3.26. The number of cyclic esters (lactones) is 1. The molecule has 5 heterocycles. The van der Waals surface area contributed by atoms with Gasteiger partial charge in [0.2, 0.25) is 17.7 Å². The third-order valence-electron chi connectivity index (χ3n) is 13.5. The number of methoxy groups -OCH3 is 1. The Bertz CT molecular complexity index is 2550. The first-order chi connectivity index (χ1) is 32.0. The highest BCUT2D eigenvalue weighted by Crippen LogP contribution is 2.42. The first-order valence-corrected chi connectivity index (χ1v) is 23.5. The van der Waals surface area contributed by atoms with Crippen LogP contribution in [0.3, 0.4) is 0 Å². The number of pyridine rings is 1. The Labute approximate surface area is 393 Å². The van der Waals surface area contributed by atoms with Gasteiger partial charge >= 0.3 is 5.97 Å². The number of hydrogen-bond acceptors (Lipinski definition) is 10. The van der Waals surface area contributed by atoms with Crippen LogP contribution >= 0.6 is 0 Å². The van der Waals surface area contributed by atoms with Crippen LogP contribution in [0.15, 0.2) is 72.9 Å². The molecule has 7 rings (SSSR count). The summed E-state index contributed by atoms with van der Waals surface area (Å²) < 4.78 is 14.3. The van der Waals surface area contributed by atoms with Crippen molar-refractivity contribution >= 4 is 46.8 Å². The molecule has 2 N–H and O–H groups in total. The lowest BCUT2D eigenvalue weighted by atomic mass is 9.84. The lowest BCUT2D eigenvalue weighted by Crippen LogP contribution is -2.62. The molecule has 0 radical (unpaired) electrons. The number of aldehydes is 1. The van der Waals surface area contributed by atoms with E-state index >= 15 is 0 Å². The van der Waals surface area contributed by atoms with Crippen LogP contribution in [0, 0.1) is 17.3 Å². The van der Waals surface area contributed by atoms with Gasteiger partial charge in [0.25, 0.3) is 5.91 Å². The highest BCUT2D eigenvalue weighted by atomic mass is 16.5. The summed E-state index contributed by atoms with van der Waals surface area (Å²) >= 11 is 0. The zero-order chi connectivity index (χ0) is 48.2. The molecule has 3 aliphatic heterocycles. The zero-order valence-corrected chi connectivity index (χ0v) is 40.0. The number of rotatable bonds is 11. The summed E-state index contributed by atoms with van der Waals surface area (Å²) in [4.78, 5) is 88.3. The minimum Gasteiger partial charge on any atom is -0.464 e. The highest BCUT2D eigenvalue weighted by Gasteiger charge is 2.40. The first kappa shape index (κ1) is 48.7. The fourth-order valence-electron chi connectivity index (χ4n) is 9.98. The Morgan fingerprint density at radius 3 is 2.55 bits per heavy atom. The number of hydrazine groups is 1. The van der Waals surface area contributed by atoms with Gasteiger partial charge in [0.15, 0.2) is 0 Å². The molecule has 5 atom stereocenters. The number of likely N-dealkylation sites (N-methyl/N-ethyl adjacent to an activating group) is 1. The molecule has 0 aliphatic carbocycles. The number of nitrogens with one attached hydrogen (secondary N) is 2. The number of amides is 4. The largest absolute Gasteiger partial charge is 0.464 e. The maximum atomic E-state index is 14.7. The molecule has 2 fully saturated rings. The Hall–Kier alpha value is -6.19. The van der Waals surface area contributed by atoms with Gasteiger partial charge in [0, 0.05) is 80.9 Å². The van der Waals surface area contributed by atoms with Gasteiger partial charge in [-0.25, -0.2) is 5.43 Å². The van der Waals surface area contributed by atoms with Crippen molar-refractivity contribution in [1.29, 1.82) is 0 Å². The third kappa shape index (κ3) is 10.5. The molecule has 4 amide bonds. The molecule has 6 bridgehead atoms. The van der Waals surface area contributed by atoms with E-state index in [0.717, 1.165) is 56.2 Å². The molecule has 2 aromatic heterocycles. The number of nitrogens with zero attached hydrogens (tertiary/aromatic N) is 5. The van der Waals surface area contributed by atoms with Crippen molar-refractivity contribution in [1.82, 2.24) is 35.1 Å². The van der Waals surface area contributed by atoms with Crippen molar-refractivity contribution in [3.05, 3.63) is 89.8 Å². The van der Waals surface area contributed by atoms with E-state index in [0.29, 0.717) is 51.6 Å². The minimum atomic E-state index is -1.07. The summed E-state index contributed by atoms with van der Waals surface area (Å²) in [6.07, 6.45) is 6.47. The lowest BCUT2D eigenvalue weighted by molar-refractivity contribution is -0.155. The first-order valence-electron chi connectivity index (χ1n) is 23.5. The van der Waals surface area contributed by atoms with Crippen LogP contribution in [0.4, 0.5) is 0 Å². The second kappa shape index (κ2) is 20.8. The molecular weight excluding hydrogens is 851 g/mol. The van der Waals surface area contributed by atoms with Gasteiger partial charge in [-0.2, -0.15) is 0 Å². The summed E-state index contributed by atoms with van der Waals surface area (Å²) in [6.45, 7) is 13.6. The third-order valence-corrected chi connectivity index (χ3v) is 13.5. The van der Waals surface area contributed by atoms with Crippen LogP contribution in [0.25, 0.3) is 33.3 Å². The van der Waals surface area contributed by atoms with Crippen molar-refractivity contribution in [2.45, 2.75) is 104 Å². The molecule has 15 heteroatoms. The number of allylic oxidation sites excluding steroid dienone is 1. The van der Waals surface area contributed by atoms with Crippen molar-refractivity contribution in [3.8, 4) is 22.4 Å². The van der Waals surface area contributed by atoms with Gasteiger partial charge in [0.1, 0.15) is 24.4 Å². The normalized spacial score (nSPS) is 20.9. The van der Waals surface area contributed by atoms with Gasteiger partial charge < -0.3 is 29.2 Å². The Morgan fingerprint density at radius 1 is 1.04 bits per heavy atom. The quantitative estimate of drug-likeness (QED) is 0.106. The maximum absolute atomic E-state index is 14.7. The smallest absolute Gasteiger partial charge is 0.324 e. The van der Waals surface area contributed by atoms with Crippen LogP contribution < -0.4 is 10.7 Å². The molecule has 4 aromatic rings. The maximum Gasteiger partial charge on any atom is 0.324 e. The average molecular weight is 916 g/mol. The van der Waals surface area contributed by atoms with Crippen LogP contribution in [0.1, 0.15) is 83.7 Å². The number of aromatic nitrogens is 2. The summed E-state index contributed by atoms with van der Waals surface area (Å²) in [5, 5.41) is 5.53. The zero-order valence-electron chi connectivity index (χ0n) is 40.0. The Kier molecular flexibility index (Phi) is 15.1. The van der Waals surface area contributed by atoms with E-state index in [1.54, 1.807) is 20.4 Å². The number of hydrogen-bond donors (Lipinski definition) is 2. The number of fused-ring (bicyclic) bond motifs is 6. The number of likely N-dealkylation sites (tertiary alicyclic amines) is 1. The molecule has 0 saturated carbocycles. The van der Waals surface area contributed by atoms with E-state index in [4.69, 9.17) is 14.5 Å². The number of aryl methyl sites for hydroxylation is 1. The SMILES string of the molecule is CCn1c(-c2cccnc2C(C)OC)c2c3cc(ccc31)-c1cccc(c1)CC(NC(=O)C(C(C)C)N(C)C(=O)C1CCN(C(=O)/C=C/C=O)C1)C(=O)N1CCCC(N1)C(=O)OCC(C)(C)C2. The predicted octanol–water partition coefficient (Wildman–Crippen LogP) is 5.83. The van der Waals surface area contributed by atoms with Gasteiger partial charge in [-0.15, -0.1) is 0 Å². The van der Waals surface area contributed by atoms with Crippen LogP contribution in [0.2, 0.25) is 0 Å². The monoisotopic (exact) mass is 915 g/mol. The molecular formula is C52H65N7O8. The van der Waals surface area contributed by atoms with Crippen LogP contribution in [-0.4, -0.2) is 119 Å². The number of carbonyl (C=O) groups is 6. The van der Waals surface area contributed by atoms with Gasteiger partial charge in [-0.1, -0.05) is 58.0 Å². The van der Waals surface area contributed by atoms with Crippen molar-refractivity contribution < 1.29 is 38.2 Å².